The highest BCUT2D eigenvalue weighted by molar-refractivity contribution is 5.87. The summed E-state index contributed by atoms with van der Waals surface area (Å²) in [5.74, 6) is 0.310. The third-order valence-corrected chi connectivity index (χ3v) is 2.12. The van der Waals surface area contributed by atoms with Crippen molar-refractivity contribution in [3.05, 3.63) is 23.9 Å². The number of anilines is 1. The third kappa shape index (κ3) is 1.95. The molecule has 1 N–H and O–H groups in total. The molecule has 0 spiro atoms. The molecule has 0 unspecified atom stereocenters. The molecule has 6 nitrogen and oxygen atoms in total. The van der Waals surface area contributed by atoms with E-state index in [9.17, 15) is 4.79 Å². The zero-order chi connectivity index (χ0) is 11.7. The van der Waals surface area contributed by atoms with Crippen molar-refractivity contribution in [1.82, 2.24) is 19.5 Å². The largest absolute Gasteiger partial charge is 0.331 e. The number of urea groups is 1. The molecule has 0 aliphatic carbocycles. The van der Waals surface area contributed by atoms with Crippen LogP contribution in [0.5, 0.6) is 0 Å². The van der Waals surface area contributed by atoms with E-state index in [1.54, 1.807) is 18.6 Å². The monoisotopic (exact) mass is 219 g/mol. The van der Waals surface area contributed by atoms with Crippen LogP contribution in [0.1, 0.15) is 5.56 Å². The second-order valence-electron chi connectivity index (χ2n) is 3.77. The van der Waals surface area contributed by atoms with Gasteiger partial charge in [0.25, 0.3) is 5.95 Å². The molecule has 0 saturated heterocycles. The Balaban J connectivity index is 2.29. The standard InChI is InChI=1S/C10H13N5O/c1-7-4-5-15-8(6-7)11-9(13-15)12-10(16)14(2)3/h4-6H,1-3H3,(H,12,13,16). The topological polar surface area (TPSA) is 62.5 Å². The van der Waals surface area contributed by atoms with Crippen LogP contribution in [0.2, 0.25) is 0 Å². The van der Waals surface area contributed by atoms with Crippen molar-refractivity contribution in [1.29, 1.82) is 0 Å². The second kappa shape index (κ2) is 3.80. The number of carbonyl (C=O) groups excluding carboxylic acids is 1. The van der Waals surface area contributed by atoms with Crippen LogP contribution < -0.4 is 5.32 Å². The maximum atomic E-state index is 11.4. The highest BCUT2D eigenvalue weighted by Crippen LogP contribution is 2.07. The lowest BCUT2D eigenvalue weighted by molar-refractivity contribution is 0.230. The minimum Gasteiger partial charge on any atom is -0.331 e. The van der Waals surface area contributed by atoms with E-state index in [2.05, 4.69) is 15.4 Å². The van der Waals surface area contributed by atoms with Gasteiger partial charge < -0.3 is 4.90 Å². The van der Waals surface area contributed by atoms with Crippen molar-refractivity contribution >= 4 is 17.6 Å². The Morgan fingerprint density at radius 3 is 2.94 bits per heavy atom. The number of aromatic nitrogens is 3. The maximum Gasteiger partial charge on any atom is 0.323 e. The van der Waals surface area contributed by atoms with Gasteiger partial charge in [0, 0.05) is 20.3 Å². The van der Waals surface area contributed by atoms with Gasteiger partial charge in [-0.15, -0.1) is 5.10 Å². The summed E-state index contributed by atoms with van der Waals surface area (Å²) in [5, 5.41) is 6.72. The van der Waals surface area contributed by atoms with Crippen molar-refractivity contribution < 1.29 is 4.79 Å². The molecule has 0 atom stereocenters. The first-order chi connectivity index (χ1) is 7.56. The lowest BCUT2D eigenvalue weighted by Gasteiger charge is -2.08. The van der Waals surface area contributed by atoms with E-state index < -0.39 is 0 Å². The summed E-state index contributed by atoms with van der Waals surface area (Å²) in [7, 11) is 3.32. The Bertz CT molecular complexity index is 531. The van der Waals surface area contributed by atoms with Crippen LogP contribution in [0.3, 0.4) is 0 Å². The van der Waals surface area contributed by atoms with Crippen molar-refractivity contribution in [3.63, 3.8) is 0 Å². The number of rotatable bonds is 1. The summed E-state index contributed by atoms with van der Waals surface area (Å²) in [6, 6.07) is 3.59. The summed E-state index contributed by atoms with van der Waals surface area (Å²) in [6.45, 7) is 1.98. The number of fused-ring (bicyclic) bond motifs is 1. The number of pyridine rings is 1. The van der Waals surface area contributed by atoms with Crippen LogP contribution in [0.15, 0.2) is 18.3 Å². The first-order valence-corrected chi connectivity index (χ1v) is 4.87. The first-order valence-electron chi connectivity index (χ1n) is 4.87. The average molecular weight is 219 g/mol. The summed E-state index contributed by atoms with van der Waals surface area (Å²) in [6.07, 6.45) is 1.81. The zero-order valence-corrected chi connectivity index (χ0v) is 9.43. The molecule has 2 aromatic rings. The van der Waals surface area contributed by atoms with Crippen LogP contribution in [0, 0.1) is 6.92 Å². The van der Waals surface area contributed by atoms with Gasteiger partial charge >= 0.3 is 6.03 Å². The van der Waals surface area contributed by atoms with E-state index in [1.165, 1.54) is 4.90 Å². The Morgan fingerprint density at radius 2 is 2.25 bits per heavy atom. The number of carbonyl (C=O) groups is 1. The summed E-state index contributed by atoms with van der Waals surface area (Å²) in [4.78, 5) is 17.0. The van der Waals surface area contributed by atoms with Gasteiger partial charge in [-0.3, -0.25) is 5.32 Å². The molecule has 0 aliphatic rings. The lowest BCUT2D eigenvalue weighted by Crippen LogP contribution is -2.27. The highest BCUT2D eigenvalue weighted by Gasteiger charge is 2.08. The number of nitrogens with one attached hydrogen (secondary N) is 1. The van der Waals surface area contributed by atoms with Gasteiger partial charge in [0.1, 0.15) is 0 Å². The molecule has 2 heterocycles. The van der Waals surface area contributed by atoms with Crippen molar-refractivity contribution in [2.75, 3.05) is 19.4 Å². The molecule has 2 aromatic heterocycles. The fraction of sp³-hybridized carbons (Fsp3) is 0.300. The normalized spacial score (nSPS) is 10.4. The molecule has 84 valence electrons. The van der Waals surface area contributed by atoms with Crippen LogP contribution in [0.4, 0.5) is 10.7 Å². The Hall–Kier alpha value is -2.11. The van der Waals surface area contributed by atoms with Crippen LogP contribution in [-0.2, 0) is 0 Å². The van der Waals surface area contributed by atoms with E-state index in [4.69, 9.17) is 0 Å². The average Bonchev–Trinajstić information content (AvgIpc) is 2.58. The van der Waals surface area contributed by atoms with E-state index in [1.807, 2.05) is 25.3 Å². The molecular formula is C10H13N5O. The van der Waals surface area contributed by atoms with Crippen molar-refractivity contribution in [2.45, 2.75) is 6.92 Å². The fourth-order valence-corrected chi connectivity index (χ4v) is 1.24. The van der Waals surface area contributed by atoms with E-state index in [-0.39, 0.29) is 6.03 Å². The first kappa shape index (κ1) is 10.4. The van der Waals surface area contributed by atoms with Crippen molar-refractivity contribution in [3.8, 4) is 0 Å². The van der Waals surface area contributed by atoms with E-state index >= 15 is 0 Å². The van der Waals surface area contributed by atoms with Gasteiger partial charge in [-0.1, -0.05) is 0 Å². The molecule has 2 rings (SSSR count). The molecule has 0 saturated carbocycles. The van der Waals surface area contributed by atoms with Crippen LogP contribution in [-0.4, -0.2) is 39.6 Å². The van der Waals surface area contributed by atoms with Gasteiger partial charge in [-0.05, 0) is 24.6 Å². The number of aryl methyl sites for hydroxylation is 1. The summed E-state index contributed by atoms with van der Waals surface area (Å²) >= 11 is 0. The van der Waals surface area contributed by atoms with Gasteiger partial charge in [0.05, 0.1) is 0 Å². The third-order valence-electron chi connectivity index (χ3n) is 2.12. The smallest absolute Gasteiger partial charge is 0.323 e. The molecule has 0 fully saturated rings. The van der Waals surface area contributed by atoms with E-state index in [0.717, 1.165) is 5.56 Å². The predicted molar refractivity (Wildman–Crippen MR) is 60.4 cm³/mol. The minimum atomic E-state index is -0.243. The Kier molecular flexibility index (Phi) is 2.47. The second-order valence-corrected chi connectivity index (χ2v) is 3.77. The molecule has 2 amide bonds. The molecule has 6 heteroatoms. The van der Waals surface area contributed by atoms with Gasteiger partial charge in [0.2, 0.25) is 0 Å². The quantitative estimate of drug-likeness (QED) is 0.782. The summed E-state index contributed by atoms with van der Waals surface area (Å²) in [5.41, 5.74) is 1.82. The number of hydrogen-bond acceptors (Lipinski definition) is 3. The zero-order valence-electron chi connectivity index (χ0n) is 9.43. The van der Waals surface area contributed by atoms with Gasteiger partial charge in [-0.25, -0.2) is 9.31 Å². The SMILES string of the molecule is Cc1ccn2nc(NC(=O)N(C)C)nc2c1. The molecule has 0 radical (unpaired) electrons. The molecular weight excluding hydrogens is 206 g/mol. The maximum absolute atomic E-state index is 11.4. The van der Waals surface area contributed by atoms with Crippen LogP contribution >= 0.6 is 0 Å². The lowest BCUT2D eigenvalue weighted by atomic mass is 10.3. The van der Waals surface area contributed by atoms with Crippen molar-refractivity contribution in [2.24, 2.45) is 0 Å². The Labute approximate surface area is 92.9 Å². The predicted octanol–water partition coefficient (Wildman–Crippen LogP) is 1.13. The molecule has 0 aromatic carbocycles. The van der Waals surface area contributed by atoms with Gasteiger partial charge in [0.15, 0.2) is 5.65 Å². The van der Waals surface area contributed by atoms with Gasteiger partial charge in [-0.2, -0.15) is 4.98 Å². The minimum absolute atomic E-state index is 0.243. The molecule has 0 bridgehead atoms. The molecule has 0 aliphatic heterocycles. The fourth-order valence-electron chi connectivity index (χ4n) is 1.24. The number of hydrogen-bond donors (Lipinski definition) is 1. The highest BCUT2D eigenvalue weighted by atomic mass is 16.2. The van der Waals surface area contributed by atoms with E-state index in [0.29, 0.717) is 11.6 Å². The van der Waals surface area contributed by atoms with Crippen LogP contribution in [0.25, 0.3) is 5.65 Å². The number of amides is 2. The summed E-state index contributed by atoms with van der Waals surface area (Å²) < 4.78 is 1.62. The molecule has 16 heavy (non-hydrogen) atoms. The number of nitrogens with zero attached hydrogens (tertiary/aromatic N) is 4. The Morgan fingerprint density at radius 1 is 1.50 bits per heavy atom.